The van der Waals surface area contributed by atoms with Crippen molar-refractivity contribution in [3.63, 3.8) is 0 Å². The monoisotopic (exact) mass is 464 g/mol. The summed E-state index contributed by atoms with van der Waals surface area (Å²) >= 11 is 1.41. The van der Waals surface area contributed by atoms with Crippen LogP contribution in [0.2, 0.25) is 0 Å². The summed E-state index contributed by atoms with van der Waals surface area (Å²) in [5, 5.41) is 0. The molecule has 5 rings (SSSR count). The molecule has 33 heavy (non-hydrogen) atoms. The molecule has 1 spiro atoms. The van der Waals surface area contributed by atoms with Crippen molar-refractivity contribution in [1.82, 2.24) is 4.90 Å². The van der Waals surface area contributed by atoms with Crippen molar-refractivity contribution in [2.45, 2.75) is 30.0 Å². The van der Waals surface area contributed by atoms with Gasteiger partial charge >= 0.3 is 0 Å². The van der Waals surface area contributed by atoms with E-state index in [4.69, 9.17) is 0 Å². The first-order valence-electron chi connectivity index (χ1n) is 10.7. The summed E-state index contributed by atoms with van der Waals surface area (Å²) in [5.74, 6) is -1.74. The molecule has 1 saturated heterocycles. The van der Waals surface area contributed by atoms with E-state index in [9.17, 15) is 18.4 Å². The number of thioether (sulfide) groups is 1. The average Bonchev–Trinajstić information content (AvgIpc) is 3.21. The molecule has 0 saturated carbocycles. The topological polar surface area (TPSA) is 40.6 Å². The Morgan fingerprint density at radius 2 is 1.64 bits per heavy atom. The van der Waals surface area contributed by atoms with Crippen LogP contribution >= 0.6 is 11.8 Å². The van der Waals surface area contributed by atoms with Crippen LogP contribution in [0.25, 0.3) is 0 Å². The van der Waals surface area contributed by atoms with Crippen molar-refractivity contribution in [2.24, 2.45) is 0 Å². The highest BCUT2D eigenvalue weighted by Gasteiger charge is 2.63. The van der Waals surface area contributed by atoms with Crippen molar-refractivity contribution in [3.8, 4) is 0 Å². The van der Waals surface area contributed by atoms with Crippen molar-refractivity contribution in [2.75, 3.05) is 11.4 Å². The quantitative estimate of drug-likeness (QED) is 0.526. The summed E-state index contributed by atoms with van der Waals surface area (Å²) in [5.41, 5.74) is 2.11. The van der Waals surface area contributed by atoms with E-state index in [1.54, 1.807) is 23.1 Å². The highest BCUT2D eigenvalue weighted by Crippen LogP contribution is 2.60. The molecule has 2 heterocycles. The summed E-state index contributed by atoms with van der Waals surface area (Å²) < 4.78 is 27.6. The molecule has 0 aromatic heterocycles. The number of carbonyl (C=O) groups excluding carboxylic acids is 2. The Morgan fingerprint density at radius 3 is 2.36 bits per heavy atom. The maximum absolute atomic E-state index is 14.6. The molecule has 3 aromatic rings. The lowest BCUT2D eigenvalue weighted by Crippen LogP contribution is -2.50. The molecule has 3 aromatic carbocycles. The van der Waals surface area contributed by atoms with Crippen LogP contribution < -0.4 is 4.90 Å². The van der Waals surface area contributed by atoms with E-state index < -0.39 is 21.3 Å². The maximum Gasteiger partial charge on any atom is 0.268 e. The van der Waals surface area contributed by atoms with Crippen LogP contribution in [0.5, 0.6) is 0 Å². The molecular formula is C26H22F2N2O2S. The third kappa shape index (κ3) is 3.42. The Kier molecular flexibility index (Phi) is 5.05. The molecule has 2 aliphatic rings. The summed E-state index contributed by atoms with van der Waals surface area (Å²) in [6.07, 6.45) is 0. The van der Waals surface area contributed by atoms with Crippen LogP contribution in [0, 0.1) is 11.6 Å². The van der Waals surface area contributed by atoms with Gasteiger partial charge in [0.2, 0.25) is 0 Å². The minimum Gasteiger partial charge on any atom is -0.310 e. The van der Waals surface area contributed by atoms with E-state index >= 15 is 0 Å². The van der Waals surface area contributed by atoms with Crippen molar-refractivity contribution in [3.05, 3.63) is 101 Å². The number of amides is 2. The molecule has 4 nitrogen and oxygen atoms in total. The van der Waals surface area contributed by atoms with Gasteiger partial charge in [-0.3, -0.25) is 9.59 Å². The van der Waals surface area contributed by atoms with Gasteiger partial charge in [-0.25, -0.2) is 8.78 Å². The SMILES string of the molecule is CC1(C)CN(C(=O)c2ccccc2F)[C@@]2(S1)C(=O)N(Cc1ccc(F)cc1)c1ccccc12. The first-order valence-corrected chi connectivity index (χ1v) is 11.5. The van der Waals surface area contributed by atoms with E-state index in [0.717, 1.165) is 5.56 Å². The van der Waals surface area contributed by atoms with Crippen LogP contribution in [-0.2, 0) is 16.2 Å². The van der Waals surface area contributed by atoms with Gasteiger partial charge in [-0.15, -0.1) is 11.8 Å². The van der Waals surface area contributed by atoms with Gasteiger partial charge in [0, 0.05) is 16.9 Å². The smallest absolute Gasteiger partial charge is 0.268 e. The number of benzene rings is 3. The first kappa shape index (κ1) is 21.6. The first-order chi connectivity index (χ1) is 15.7. The van der Waals surface area contributed by atoms with Crippen LogP contribution in [0.3, 0.4) is 0 Å². The molecule has 0 unspecified atom stereocenters. The van der Waals surface area contributed by atoms with Gasteiger partial charge in [0.25, 0.3) is 11.8 Å². The molecule has 0 bridgehead atoms. The fourth-order valence-corrected chi connectivity index (χ4v) is 6.40. The number of anilines is 1. The number of para-hydroxylation sites is 1. The Bertz CT molecular complexity index is 1260. The van der Waals surface area contributed by atoms with Crippen LogP contribution in [0.1, 0.15) is 35.3 Å². The predicted molar refractivity (Wildman–Crippen MR) is 125 cm³/mol. The Morgan fingerprint density at radius 1 is 0.970 bits per heavy atom. The lowest BCUT2D eigenvalue weighted by atomic mass is 10.0. The van der Waals surface area contributed by atoms with Gasteiger partial charge < -0.3 is 9.80 Å². The van der Waals surface area contributed by atoms with Gasteiger partial charge in [0.15, 0.2) is 4.87 Å². The van der Waals surface area contributed by atoms with Crippen LogP contribution in [0.4, 0.5) is 14.5 Å². The predicted octanol–water partition coefficient (Wildman–Crippen LogP) is 5.33. The lowest BCUT2D eigenvalue weighted by molar-refractivity contribution is -0.123. The molecule has 0 aliphatic carbocycles. The van der Waals surface area contributed by atoms with Gasteiger partial charge in [0.1, 0.15) is 11.6 Å². The van der Waals surface area contributed by atoms with Crippen molar-refractivity contribution >= 4 is 29.3 Å². The molecule has 1 fully saturated rings. The lowest BCUT2D eigenvalue weighted by Gasteiger charge is -2.33. The third-order valence-electron chi connectivity index (χ3n) is 6.04. The molecule has 0 radical (unpaired) electrons. The number of hydrogen-bond acceptors (Lipinski definition) is 3. The molecule has 7 heteroatoms. The number of rotatable bonds is 3. The molecule has 2 amide bonds. The normalized spacial score (nSPS) is 21.0. The molecule has 0 N–H and O–H groups in total. The second-order valence-electron chi connectivity index (χ2n) is 8.91. The largest absolute Gasteiger partial charge is 0.310 e. The molecular weight excluding hydrogens is 442 g/mol. The molecule has 2 aliphatic heterocycles. The third-order valence-corrected chi connectivity index (χ3v) is 7.63. The van der Waals surface area contributed by atoms with E-state index in [0.29, 0.717) is 11.3 Å². The number of hydrogen-bond donors (Lipinski definition) is 0. The van der Waals surface area contributed by atoms with Gasteiger partial charge in [-0.2, -0.15) is 0 Å². The van der Waals surface area contributed by atoms with Crippen molar-refractivity contribution < 1.29 is 18.4 Å². The van der Waals surface area contributed by atoms with Gasteiger partial charge in [-0.05, 0) is 49.7 Å². The minimum absolute atomic E-state index is 0.0579. The average molecular weight is 465 g/mol. The fraction of sp³-hybridized carbons (Fsp3) is 0.231. The summed E-state index contributed by atoms with van der Waals surface area (Å²) in [6.45, 7) is 4.48. The Balaban J connectivity index is 1.63. The van der Waals surface area contributed by atoms with Crippen LogP contribution in [0.15, 0.2) is 72.8 Å². The standard InChI is InChI=1S/C26H22F2N2O2S/c1-25(2)16-30(23(31)19-7-3-5-9-21(19)28)26(33-25)20-8-4-6-10-22(20)29(24(26)32)15-17-11-13-18(27)14-12-17/h3-14H,15-16H2,1-2H3/t26-/m0/s1. The minimum atomic E-state index is -1.31. The van der Waals surface area contributed by atoms with E-state index in [1.165, 1.54) is 47.0 Å². The van der Waals surface area contributed by atoms with Crippen LogP contribution in [-0.4, -0.2) is 28.0 Å². The fourth-order valence-electron chi connectivity index (χ4n) is 4.67. The second kappa shape index (κ2) is 7.70. The van der Waals surface area contributed by atoms with Gasteiger partial charge in [0.05, 0.1) is 17.8 Å². The number of fused-ring (bicyclic) bond motifs is 2. The summed E-state index contributed by atoms with van der Waals surface area (Å²) in [7, 11) is 0. The Labute approximate surface area is 195 Å². The number of halogens is 2. The molecule has 1 atom stereocenters. The summed E-state index contributed by atoms with van der Waals surface area (Å²) in [4.78, 5) is 29.6. The number of nitrogens with zero attached hydrogens (tertiary/aromatic N) is 2. The van der Waals surface area contributed by atoms with E-state index in [1.807, 2.05) is 38.1 Å². The highest BCUT2D eigenvalue weighted by atomic mass is 32.2. The second-order valence-corrected chi connectivity index (χ2v) is 10.8. The van der Waals surface area contributed by atoms with Gasteiger partial charge in [-0.1, -0.05) is 42.5 Å². The van der Waals surface area contributed by atoms with E-state index in [2.05, 4.69) is 0 Å². The van der Waals surface area contributed by atoms with E-state index in [-0.39, 0.29) is 30.4 Å². The highest BCUT2D eigenvalue weighted by molar-refractivity contribution is 8.02. The number of carbonyl (C=O) groups is 2. The molecule has 168 valence electrons. The zero-order chi connectivity index (χ0) is 23.4. The van der Waals surface area contributed by atoms with Crippen molar-refractivity contribution in [1.29, 1.82) is 0 Å². The Hall–Kier alpha value is -3.19. The maximum atomic E-state index is 14.6. The summed E-state index contributed by atoms with van der Waals surface area (Å²) in [6, 6.07) is 19.2. The zero-order valence-electron chi connectivity index (χ0n) is 18.2. The zero-order valence-corrected chi connectivity index (χ0v) is 19.0.